The van der Waals surface area contributed by atoms with Gasteiger partial charge in [0, 0.05) is 29.5 Å². The average molecular weight is 599 g/mol. The Balaban J connectivity index is 1.51. The summed E-state index contributed by atoms with van der Waals surface area (Å²) in [7, 11) is -3.54. The quantitative estimate of drug-likeness (QED) is 0.320. The zero-order valence-electron chi connectivity index (χ0n) is 24.8. The molecule has 11 nitrogen and oxygen atoms in total. The lowest BCUT2D eigenvalue weighted by atomic mass is 9.79. The number of aliphatic hydroxyl groups excluding tert-OH is 1. The van der Waals surface area contributed by atoms with Crippen LogP contribution in [0.25, 0.3) is 11.4 Å². The molecule has 0 saturated carbocycles. The van der Waals surface area contributed by atoms with E-state index in [1.54, 1.807) is 35.1 Å². The van der Waals surface area contributed by atoms with Crippen molar-refractivity contribution in [3.63, 3.8) is 0 Å². The number of aliphatic hydroxyl groups is 1. The lowest BCUT2D eigenvalue weighted by Gasteiger charge is -2.47. The molecule has 12 heteroatoms. The summed E-state index contributed by atoms with van der Waals surface area (Å²) in [5.41, 5.74) is 6.54. The van der Waals surface area contributed by atoms with Crippen LogP contribution in [-0.4, -0.2) is 69.8 Å². The second-order valence-corrected chi connectivity index (χ2v) is 13.4. The Hall–Kier alpha value is -4.42. The maximum Gasteiger partial charge on any atom is 0.229 e. The minimum Gasteiger partial charge on any atom is -0.395 e. The summed E-state index contributed by atoms with van der Waals surface area (Å²) in [6.07, 6.45) is 3.74. The highest BCUT2D eigenvalue weighted by molar-refractivity contribution is 7.92. The summed E-state index contributed by atoms with van der Waals surface area (Å²) in [5.74, 6) is 1.09. The van der Waals surface area contributed by atoms with Crippen molar-refractivity contribution < 1.29 is 13.5 Å². The molecule has 2 aromatic carbocycles. The van der Waals surface area contributed by atoms with Crippen molar-refractivity contribution in [2.24, 2.45) is 10.1 Å². The number of para-hydroxylation sites is 1. The van der Waals surface area contributed by atoms with Gasteiger partial charge >= 0.3 is 0 Å². The van der Waals surface area contributed by atoms with E-state index in [-0.39, 0.29) is 12.1 Å². The third-order valence-corrected chi connectivity index (χ3v) is 8.50. The highest BCUT2D eigenvalue weighted by Crippen LogP contribution is 2.45. The van der Waals surface area contributed by atoms with Crippen molar-refractivity contribution in [3.05, 3.63) is 83.4 Å². The Labute approximate surface area is 251 Å². The van der Waals surface area contributed by atoms with Gasteiger partial charge in [0.2, 0.25) is 15.8 Å². The fraction of sp³-hybridized carbons (Fsp3) is 0.323. The molecule has 2 N–H and O–H groups in total. The number of β-amino-alcohol motifs (C(OH)–C–C–N with tert-alkyl or cyclic N) is 1. The van der Waals surface area contributed by atoms with Crippen LogP contribution in [0.4, 0.5) is 17.1 Å². The fourth-order valence-corrected chi connectivity index (χ4v) is 6.65. The zero-order chi connectivity index (χ0) is 30.5. The molecule has 1 atom stereocenters. The lowest BCUT2D eigenvalue weighted by Crippen LogP contribution is -2.49. The van der Waals surface area contributed by atoms with Crippen LogP contribution in [-0.2, 0) is 10.0 Å². The smallest absolute Gasteiger partial charge is 0.229 e. The maximum absolute atomic E-state index is 12.1. The number of benzene rings is 2. The van der Waals surface area contributed by atoms with Crippen LogP contribution in [0, 0.1) is 6.92 Å². The number of aliphatic imine (C=N–C) groups is 1. The van der Waals surface area contributed by atoms with E-state index >= 15 is 0 Å². The molecular weight excluding hydrogens is 564 g/mol. The predicted octanol–water partition coefficient (Wildman–Crippen LogP) is 4.49. The first-order valence-corrected chi connectivity index (χ1v) is 16.0. The minimum absolute atomic E-state index is 0.0745. The van der Waals surface area contributed by atoms with Gasteiger partial charge in [0.05, 0.1) is 29.9 Å². The monoisotopic (exact) mass is 598 g/mol. The van der Waals surface area contributed by atoms with Crippen LogP contribution in [0.5, 0.6) is 0 Å². The molecule has 0 aliphatic carbocycles. The summed E-state index contributed by atoms with van der Waals surface area (Å²) in [5, 5.41) is 23.6. The normalized spacial score (nSPS) is 18.4. The lowest BCUT2D eigenvalue weighted by molar-refractivity contribution is 0.277. The summed E-state index contributed by atoms with van der Waals surface area (Å²) in [6.45, 7) is 9.31. The number of nitrogens with zero attached hydrogens (tertiary/aromatic N) is 7. The van der Waals surface area contributed by atoms with E-state index in [4.69, 9.17) is 10.1 Å². The Morgan fingerprint density at radius 3 is 2.56 bits per heavy atom. The fourth-order valence-electron chi connectivity index (χ4n) is 6.07. The Morgan fingerprint density at radius 1 is 1.09 bits per heavy atom. The molecule has 2 aliphatic heterocycles. The first kappa shape index (κ1) is 28.7. The van der Waals surface area contributed by atoms with Crippen molar-refractivity contribution in [1.29, 1.82) is 0 Å². The zero-order valence-corrected chi connectivity index (χ0v) is 25.6. The van der Waals surface area contributed by atoms with Crippen molar-refractivity contribution in [2.45, 2.75) is 45.6 Å². The number of hydrogen-bond acceptors (Lipinski definition) is 9. The minimum atomic E-state index is -3.54. The van der Waals surface area contributed by atoms with Crippen molar-refractivity contribution >= 4 is 38.5 Å². The standard InChI is InChI=1S/C31H34N8O3S/c1-19-16-26-22(20(2)18-31(3,4)38(26)14-15-40)17-25(19)33-28-27(24-12-8-9-13-32-24)36-39-29(34-35-30(28)39)21-10-6-7-11-23(21)37-43(5,41)42/h6-13,16-17,20,37,40H,14-15,18H2,1-5H3. The van der Waals surface area contributed by atoms with Crippen molar-refractivity contribution in [2.75, 3.05) is 29.0 Å². The van der Waals surface area contributed by atoms with E-state index in [0.29, 0.717) is 52.5 Å². The second kappa shape index (κ2) is 10.7. The summed E-state index contributed by atoms with van der Waals surface area (Å²) in [6, 6.07) is 16.9. The van der Waals surface area contributed by atoms with Crippen molar-refractivity contribution in [3.8, 4) is 11.4 Å². The number of nitrogens with one attached hydrogen (secondary N) is 1. The molecule has 6 rings (SSSR count). The van der Waals surface area contributed by atoms with E-state index in [1.807, 2.05) is 25.1 Å². The van der Waals surface area contributed by atoms with Gasteiger partial charge in [-0.05, 0) is 80.6 Å². The molecule has 0 amide bonds. The third kappa shape index (κ3) is 5.32. The van der Waals surface area contributed by atoms with Gasteiger partial charge in [0.1, 0.15) is 11.4 Å². The molecule has 0 saturated heterocycles. The topological polar surface area (TPSA) is 138 Å². The molecule has 4 heterocycles. The molecule has 0 radical (unpaired) electrons. The molecule has 4 aromatic rings. The molecule has 222 valence electrons. The molecule has 0 bridgehead atoms. The first-order valence-electron chi connectivity index (χ1n) is 14.1. The van der Waals surface area contributed by atoms with Crippen LogP contribution in [0.3, 0.4) is 0 Å². The Morgan fingerprint density at radius 2 is 1.84 bits per heavy atom. The maximum atomic E-state index is 12.1. The van der Waals surface area contributed by atoms with Gasteiger partial charge < -0.3 is 10.0 Å². The first-order chi connectivity index (χ1) is 20.5. The Kier molecular flexibility index (Phi) is 7.13. The molecule has 0 spiro atoms. The SMILES string of the molecule is Cc1cc2c(cc1N=C1C(c3ccccn3)=Nn3c1nnc3-c1ccccc1NS(C)(=O)=O)C(C)CC(C)(C)N2CCO. The van der Waals surface area contributed by atoms with Gasteiger partial charge in [-0.3, -0.25) is 9.71 Å². The predicted molar refractivity (Wildman–Crippen MR) is 169 cm³/mol. The van der Waals surface area contributed by atoms with Crippen LogP contribution in [0.1, 0.15) is 55.8 Å². The van der Waals surface area contributed by atoms with Gasteiger partial charge in [-0.1, -0.05) is 25.1 Å². The molecule has 2 aliphatic rings. The number of rotatable bonds is 7. The average Bonchev–Trinajstić information content (AvgIpc) is 3.51. The van der Waals surface area contributed by atoms with Crippen LogP contribution in [0.2, 0.25) is 0 Å². The number of aromatic nitrogens is 4. The molecule has 1 unspecified atom stereocenters. The summed E-state index contributed by atoms with van der Waals surface area (Å²) >= 11 is 0. The van der Waals surface area contributed by atoms with Crippen LogP contribution < -0.4 is 9.62 Å². The van der Waals surface area contributed by atoms with Gasteiger partial charge in [-0.15, -0.1) is 10.2 Å². The van der Waals surface area contributed by atoms with Gasteiger partial charge in [0.15, 0.2) is 5.82 Å². The molecule has 2 aromatic heterocycles. The van der Waals surface area contributed by atoms with E-state index in [9.17, 15) is 13.5 Å². The van der Waals surface area contributed by atoms with E-state index < -0.39 is 10.0 Å². The number of hydrogen-bond donors (Lipinski definition) is 2. The van der Waals surface area contributed by atoms with E-state index in [1.165, 1.54) is 5.56 Å². The summed E-state index contributed by atoms with van der Waals surface area (Å²) in [4.78, 5) is 12.0. The van der Waals surface area contributed by atoms with Crippen molar-refractivity contribution in [1.82, 2.24) is 19.9 Å². The van der Waals surface area contributed by atoms with E-state index in [0.717, 1.165) is 29.6 Å². The third-order valence-electron chi connectivity index (χ3n) is 7.91. The highest BCUT2D eigenvalue weighted by atomic mass is 32.2. The number of anilines is 2. The number of sulfonamides is 1. The van der Waals surface area contributed by atoms with Crippen LogP contribution >= 0.6 is 0 Å². The second-order valence-electron chi connectivity index (χ2n) is 11.7. The van der Waals surface area contributed by atoms with E-state index in [2.05, 4.69) is 57.7 Å². The van der Waals surface area contributed by atoms with Gasteiger partial charge in [0.25, 0.3) is 0 Å². The van der Waals surface area contributed by atoms with Gasteiger partial charge in [-0.25, -0.2) is 13.4 Å². The number of pyridine rings is 1. The number of fused-ring (bicyclic) bond motifs is 2. The molecule has 0 fully saturated rings. The summed E-state index contributed by atoms with van der Waals surface area (Å²) < 4.78 is 28.3. The highest BCUT2D eigenvalue weighted by Gasteiger charge is 2.37. The number of aryl methyl sites for hydroxylation is 1. The Bertz CT molecular complexity index is 1880. The molecule has 43 heavy (non-hydrogen) atoms. The molecular formula is C31H34N8O3S. The largest absolute Gasteiger partial charge is 0.395 e. The van der Waals surface area contributed by atoms with Gasteiger partial charge in [-0.2, -0.15) is 9.78 Å². The van der Waals surface area contributed by atoms with Crippen LogP contribution in [0.15, 0.2) is 70.9 Å².